The molecule has 0 spiro atoms. The molecule has 0 N–H and O–H groups in total. The monoisotopic (exact) mass is 224 g/mol. The van der Waals surface area contributed by atoms with Crippen molar-refractivity contribution < 1.29 is 9.47 Å². The van der Waals surface area contributed by atoms with E-state index in [1.54, 1.807) is 25.4 Å². The average Bonchev–Trinajstić information content (AvgIpc) is 2.28. The normalized spacial score (nSPS) is 10.3. The standard InChI is InChI=1S/C10H9ClN2O2/c1-14-8-5-7-9(13-10(8)15-2)6(11)3-4-12-7/h3-5H,1-2H3. The molecule has 0 fully saturated rings. The number of rotatable bonds is 2. The zero-order chi connectivity index (χ0) is 10.8. The molecule has 0 atom stereocenters. The van der Waals surface area contributed by atoms with Gasteiger partial charge in [-0.3, -0.25) is 4.98 Å². The minimum absolute atomic E-state index is 0.403. The van der Waals surface area contributed by atoms with Crippen molar-refractivity contribution in [2.45, 2.75) is 0 Å². The molecular formula is C10H9ClN2O2. The molecule has 0 bridgehead atoms. The van der Waals surface area contributed by atoms with Crippen LogP contribution >= 0.6 is 11.6 Å². The Morgan fingerprint density at radius 1 is 1.27 bits per heavy atom. The van der Waals surface area contributed by atoms with Crippen LogP contribution in [0.15, 0.2) is 18.3 Å². The van der Waals surface area contributed by atoms with E-state index < -0.39 is 0 Å². The molecule has 0 aliphatic heterocycles. The van der Waals surface area contributed by atoms with Gasteiger partial charge in [-0.25, -0.2) is 4.98 Å². The third kappa shape index (κ3) is 1.68. The summed E-state index contributed by atoms with van der Waals surface area (Å²) in [6.07, 6.45) is 1.62. The van der Waals surface area contributed by atoms with Gasteiger partial charge in [-0.05, 0) is 6.07 Å². The van der Waals surface area contributed by atoms with Crippen molar-refractivity contribution in [3.63, 3.8) is 0 Å². The summed E-state index contributed by atoms with van der Waals surface area (Å²) in [4.78, 5) is 8.37. The maximum Gasteiger partial charge on any atom is 0.257 e. The first-order chi connectivity index (χ1) is 7.26. The molecule has 2 heterocycles. The summed E-state index contributed by atoms with van der Waals surface area (Å²) < 4.78 is 10.2. The van der Waals surface area contributed by atoms with E-state index in [-0.39, 0.29) is 0 Å². The first-order valence-electron chi connectivity index (χ1n) is 4.29. The van der Waals surface area contributed by atoms with Crippen LogP contribution < -0.4 is 9.47 Å². The van der Waals surface area contributed by atoms with E-state index in [2.05, 4.69) is 9.97 Å². The van der Waals surface area contributed by atoms with Gasteiger partial charge in [-0.15, -0.1) is 0 Å². The summed E-state index contributed by atoms with van der Waals surface area (Å²) in [5.41, 5.74) is 1.29. The van der Waals surface area contributed by atoms with Gasteiger partial charge < -0.3 is 9.47 Å². The van der Waals surface area contributed by atoms with E-state index in [1.165, 1.54) is 7.11 Å². The fourth-order valence-corrected chi connectivity index (χ4v) is 1.49. The third-order valence-electron chi connectivity index (χ3n) is 2.01. The van der Waals surface area contributed by atoms with Crippen LogP contribution in [0.2, 0.25) is 5.02 Å². The Kier molecular flexibility index (Phi) is 2.60. The van der Waals surface area contributed by atoms with Crippen molar-refractivity contribution in [1.82, 2.24) is 9.97 Å². The van der Waals surface area contributed by atoms with Gasteiger partial charge in [-0.2, -0.15) is 0 Å². The molecule has 78 valence electrons. The Morgan fingerprint density at radius 2 is 2.07 bits per heavy atom. The smallest absolute Gasteiger partial charge is 0.257 e. The molecule has 4 nitrogen and oxygen atoms in total. The van der Waals surface area contributed by atoms with E-state index in [0.29, 0.717) is 27.7 Å². The Bertz CT molecular complexity index is 502. The van der Waals surface area contributed by atoms with E-state index in [1.807, 2.05) is 0 Å². The van der Waals surface area contributed by atoms with Crippen LogP contribution in [0.25, 0.3) is 11.0 Å². The van der Waals surface area contributed by atoms with Gasteiger partial charge in [-0.1, -0.05) is 11.6 Å². The Labute approximate surface area is 91.8 Å². The summed E-state index contributed by atoms with van der Waals surface area (Å²) in [6.45, 7) is 0. The summed E-state index contributed by atoms with van der Waals surface area (Å²) in [5.74, 6) is 0.944. The number of hydrogen-bond donors (Lipinski definition) is 0. The number of fused-ring (bicyclic) bond motifs is 1. The fraction of sp³-hybridized carbons (Fsp3) is 0.200. The van der Waals surface area contributed by atoms with E-state index in [4.69, 9.17) is 21.1 Å². The summed E-state index contributed by atoms with van der Waals surface area (Å²) in [7, 11) is 3.08. The Balaban J connectivity index is 2.75. The quantitative estimate of drug-likeness (QED) is 0.785. The van der Waals surface area contributed by atoms with Crippen molar-refractivity contribution in [3.05, 3.63) is 23.4 Å². The Hall–Kier alpha value is -1.55. The number of nitrogens with zero attached hydrogens (tertiary/aromatic N) is 2. The van der Waals surface area contributed by atoms with E-state index in [0.717, 1.165) is 0 Å². The van der Waals surface area contributed by atoms with Crippen LogP contribution in [-0.4, -0.2) is 24.2 Å². The first-order valence-corrected chi connectivity index (χ1v) is 4.67. The SMILES string of the molecule is COc1cc2nccc(Cl)c2nc1OC. The highest BCUT2D eigenvalue weighted by molar-refractivity contribution is 6.34. The summed E-state index contributed by atoms with van der Waals surface area (Å²) in [6, 6.07) is 3.43. The van der Waals surface area contributed by atoms with Crippen molar-refractivity contribution >= 4 is 22.6 Å². The number of pyridine rings is 2. The average molecular weight is 225 g/mol. The molecule has 0 aliphatic carbocycles. The lowest BCUT2D eigenvalue weighted by atomic mass is 10.3. The molecule has 0 saturated heterocycles. The second-order valence-electron chi connectivity index (χ2n) is 2.86. The van der Waals surface area contributed by atoms with Gasteiger partial charge in [0.25, 0.3) is 5.88 Å². The Morgan fingerprint density at radius 3 is 2.73 bits per heavy atom. The van der Waals surface area contributed by atoms with Gasteiger partial charge >= 0.3 is 0 Å². The van der Waals surface area contributed by atoms with Crippen molar-refractivity contribution in [1.29, 1.82) is 0 Å². The van der Waals surface area contributed by atoms with Gasteiger partial charge in [0.05, 0.1) is 24.8 Å². The summed E-state index contributed by atoms with van der Waals surface area (Å²) >= 11 is 5.98. The van der Waals surface area contributed by atoms with Gasteiger partial charge in [0.1, 0.15) is 5.52 Å². The number of methoxy groups -OCH3 is 2. The zero-order valence-corrected chi connectivity index (χ0v) is 9.08. The lowest BCUT2D eigenvalue weighted by molar-refractivity contribution is 0.344. The maximum atomic E-state index is 5.98. The third-order valence-corrected chi connectivity index (χ3v) is 2.31. The van der Waals surface area contributed by atoms with Crippen LogP contribution in [0, 0.1) is 0 Å². The van der Waals surface area contributed by atoms with Gasteiger partial charge in [0.2, 0.25) is 0 Å². The van der Waals surface area contributed by atoms with Crippen molar-refractivity contribution in [2.75, 3.05) is 14.2 Å². The lowest BCUT2D eigenvalue weighted by Gasteiger charge is -2.07. The molecule has 0 radical (unpaired) electrons. The molecule has 2 rings (SSSR count). The molecule has 5 heteroatoms. The molecular weight excluding hydrogens is 216 g/mol. The maximum absolute atomic E-state index is 5.98. The predicted molar refractivity (Wildman–Crippen MR) is 57.7 cm³/mol. The molecule has 0 aliphatic rings. The zero-order valence-electron chi connectivity index (χ0n) is 8.32. The van der Waals surface area contributed by atoms with Crippen molar-refractivity contribution in [3.8, 4) is 11.6 Å². The summed E-state index contributed by atoms with van der Waals surface area (Å²) in [5, 5.41) is 0.543. The van der Waals surface area contributed by atoms with Gasteiger partial charge in [0, 0.05) is 12.3 Å². The van der Waals surface area contributed by atoms with Crippen LogP contribution in [-0.2, 0) is 0 Å². The highest BCUT2D eigenvalue weighted by Gasteiger charge is 2.10. The number of aromatic nitrogens is 2. The molecule has 15 heavy (non-hydrogen) atoms. The molecule has 0 saturated carbocycles. The molecule has 0 aromatic carbocycles. The van der Waals surface area contributed by atoms with Crippen LogP contribution in [0.5, 0.6) is 11.6 Å². The second-order valence-corrected chi connectivity index (χ2v) is 3.27. The number of ether oxygens (including phenoxy) is 2. The van der Waals surface area contributed by atoms with E-state index in [9.17, 15) is 0 Å². The number of halogens is 1. The lowest BCUT2D eigenvalue weighted by Crippen LogP contribution is -1.95. The first kappa shape index (κ1) is 9.98. The van der Waals surface area contributed by atoms with Gasteiger partial charge in [0.15, 0.2) is 5.75 Å². The molecule has 0 unspecified atom stereocenters. The minimum atomic E-state index is 0.403. The largest absolute Gasteiger partial charge is 0.491 e. The molecule has 0 amide bonds. The second kappa shape index (κ2) is 3.90. The highest BCUT2D eigenvalue weighted by Crippen LogP contribution is 2.30. The predicted octanol–water partition coefficient (Wildman–Crippen LogP) is 2.30. The molecule has 2 aromatic heterocycles. The number of hydrogen-bond acceptors (Lipinski definition) is 4. The van der Waals surface area contributed by atoms with Crippen LogP contribution in [0.4, 0.5) is 0 Å². The molecule has 2 aromatic rings. The van der Waals surface area contributed by atoms with Crippen LogP contribution in [0.3, 0.4) is 0 Å². The topological polar surface area (TPSA) is 44.2 Å². The van der Waals surface area contributed by atoms with E-state index >= 15 is 0 Å². The fourth-order valence-electron chi connectivity index (χ4n) is 1.30. The minimum Gasteiger partial charge on any atom is -0.491 e. The van der Waals surface area contributed by atoms with Crippen molar-refractivity contribution in [2.24, 2.45) is 0 Å². The van der Waals surface area contributed by atoms with Crippen LogP contribution in [0.1, 0.15) is 0 Å². The highest BCUT2D eigenvalue weighted by atomic mass is 35.5.